The minimum absolute atomic E-state index is 0.00489. The molecule has 0 radical (unpaired) electrons. The summed E-state index contributed by atoms with van der Waals surface area (Å²) in [5.74, 6) is -0.0604. The first kappa shape index (κ1) is 23.1. The van der Waals surface area contributed by atoms with E-state index in [2.05, 4.69) is 11.1 Å². The highest BCUT2D eigenvalue weighted by Gasteiger charge is 2.30. The number of benzene rings is 1. The first-order valence-electron chi connectivity index (χ1n) is 9.74. The number of halogens is 1. The van der Waals surface area contributed by atoms with E-state index in [4.69, 9.17) is 25.5 Å². The number of ether oxygens (including phenoxy) is 2. The van der Waals surface area contributed by atoms with E-state index in [0.717, 1.165) is 0 Å². The number of nitriles is 1. The van der Waals surface area contributed by atoms with Gasteiger partial charge in [-0.1, -0.05) is 11.6 Å². The fourth-order valence-corrected chi connectivity index (χ4v) is 3.34. The highest BCUT2D eigenvalue weighted by Crippen LogP contribution is 2.33. The molecule has 0 bridgehead atoms. The maximum atomic E-state index is 13.1. The van der Waals surface area contributed by atoms with Crippen molar-refractivity contribution in [3.8, 4) is 22.9 Å². The quantitative estimate of drug-likeness (QED) is 0.513. The Morgan fingerprint density at radius 2 is 2.06 bits per heavy atom. The molecule has 1 aromatic carbocycles. The molecule has 1 unspecified atom stereocenters. The molecule has 1 atom stereocenters. The maximum Gasteiger partial charge on any atom is 0.330 e. The number of oxazole rings is 1. The van der Waals surface area contributed by atoms with Crippen LogP contribution < -0.4 is 10.3 Å². The number of nitrogens with zero attached hydrogens (tertiary/aromatic N) is 3. The summed E-state index contributed by atoms with van der Waals surface area (Å²) in [5, 5.41) is 9.88. The van der Waals surface area contributed by atoms with Crippen LogP contribution in [0.5, 0.6) is 5.75 Å². The van der Waals surface area contributed by atoms with E-state index in [1.807, 2.05) is 0 Å². The Kier molecular flexibility index (Phi) is 6.70. The van der Waals surface area contributed by atoms with Crippen molar-refractivity contribution in [3.63, 3.8) is 0 Å². The lowest BCUT2D eigenvalue weighted by Crippen LogP contribution is -2.36. The van der Waals surface area contributed by atoms with Crippen molar-refractivity contribution in [2.45, 2.75) is 38.8 Å². The van der Waals surface area contributed by atoms with Crippen LogP contribution in [-0.2, 0) is 16.0 Å². The molecule has 0 fully saturated rings. The minimum Gasteiger partial charge on any atom is -0.495 e. The third-order valence-corrected chi connectivity index (χ3v) is 4.76. The summed E-state index contributed by atoms with van der Waals surface area (Å²) >= 11 is 6.11. The van der Waals surface area contributed by atoms with Gasteiger partial charge in [0.2, 0.25) is 0 Å². The zero-order valence-electron chi connectivity index (χ0n) is 18.1. The van der Waals surface area contributed by atoms with Crippen LogP contribution in [0.4, 0.5) is 0 Å². The molecule has 0 saturated carbocycles. The Morgan fingerprint density at radius 1 is 1.31 bits per heavy atom. The van der Waals surface area contributed by atoms with Crippen LogP contribution in [0.15, 0.2) is 52.1 Å². The van der Waals surface area contributed by atoms with Crippen molar-refractivity contribution in [1.82, 2.24) is 9.55 Å². The highest BCUT2D eigenvalue weighted by molar-refractivity contribution is 6.31. The smallest absolute Gasteiger partial charge is 0.330 e. The highest BCUT2D eigenvalue weighted by atomic mass is 35.5. The number of hydrogen-bond donors (Lipinski definition) is 0. The van der Waals surface area contributed by atoms with Gasteiger partial charge in [0.05, 0.1) is 37.6 Å². The monoisotopic (exact) mass is 455 g/mol. The van der Waals surface area contributed by atoms with E-state index in [-0.39, 0.29) is 18.1 Å². The second kappa shape index (κ2) is 9.28. The largest absolute Gasteiger partial charge is 0.495 e. The molecule has 2 aromatic heterocycles. The van der Waals surface area contributed by atoms with E-state index < -0.39 is 23.2 Å². The van der Waals surface area contributed by atoms with Crippen molar-refractivity contribution in [2.75, 3.05) is 7.11 Å². The van der Waals surface area contributed by atoms with Gasteiger partial charge in [-0.15, -0.1) is 0 Å². The predicted octanol–water partition coefficient (Wildman–Crippen LogP) is 4.16. The molecule has 166 valence electrons. The lowest BCUT2D eigenvalue weighted by atomic mass is 10.00. The van der Waals surface area contributed by atoms with Gasteiger partial charge >= 0.3 is 5.97 Å². The third kappa shape index (κ3) is 5.18. The topological polar surface area (TPSA) is 107 Å². The predicted molar refractivity (Wildman–Crippen MR) is 118 cm³/mol. The van der Waals surface area contributed by atoms with Gasteiger partial charge < -0.3 is 13.9 Å². The molecule has 0 saturated heterocycles. The standard InChI is InChI=1S/C23H22ClN3O5/c1-23(2,3)32-22(29)18(11-20-26-7-8-31-20)27-13-19(30-4)17(10-21(27)28)16-9-15(24)6-5-14(16)12-25/h5-10,13,18H,11H2,1-4H3. The lowest BCUT2D eigenvalue weighted by Gasteiger charge is -2.25. The van der Waals surface area contributed by atoms with Crippen molar-refractivity contribution in [1.29, 1.82) is 5.26 Å². The van der Waals surface area contributed by atoms with E-state index in [1.54, 1.807) is 39.0 Å². The fourth-order valence-electron chi connectivity index (χ4n) is 3.17. The Hall–Kier alpha value is -3.57. The van der Waals surface area contributed by atoms with Crippen molar-refractivity contribution in [2.24, 2.45) is 0 Å². The molecule has 2 heterocycles. The summed E-state index contributed by atoms with van der Waals surface area (Å²) in [6.45, 7) is 5.21. The van der Waals surface area contributed by atoms with Crippen LogP contribution in [0.2, 0.25) is 5.02 Å². The first-order valence-corrected chi connectivity index (χ1v) is 10.1. The second-order valence-electron chi connectivity index (χ2n) is 7.98. The SMILES string of the molecule is COc1cn(C(Cc2ncco2)C(=O)OC(C)(C)C)c(=O)cc1-c1cc(Cl)ccc1C#N. The molecule has 8 nitrogen and oxygen atoms in total. The van der Waals surface area contributed by atoms with Gasteiger partial charge in [0, 0.05) is 22.2 Å². The van der Waals surface area contributed by atoms with E-state index in [1.165, 1.54) is 36.4 Å². The maximum absolute atomic E-state index is 13.1. The Bertz CT molecular complexity index is 1220. The Labute approximate surface area is 190 Å². The number of pyridine rings is 1. The number of carbonyl (C=O) groups excluding carboxylic acids is 1. The van der Waals surface area contributed by atoms with Crippen LogP contribution in [0.1, 0.15) is 38.3 Å². The Morgan fingerprint density at radius 3 is 2.66 bits per heavy atom. The van der Waals surface area contributed by atoms with Gasteiger partial charge in [-0.2, -0.15) is 5.26 Å². The molecular weight excluding hydrogens is 434 g/mol. The van der Waals surface area contributed by atoms with Crippen LogP contribution in [0.25, 0.3) is 11.1 Å². The van der Waals surface area contributed by atoms with Gasteiger partial charge in [0.1, 0.15) is 23.7 Å². The summed E-state index contributed by atoms with van der Waals surface area (Å²) in [7, 11) is 1.43. The number of carbonyl (C=O) groups is 1. The number of methoxy groups -OCH3 is 1. The van der Waals surface area contributed by atoms with Gasteiger partial charge in [-0.3, -0.25) is 9.36 Å². The summed E-state index contributed by atoms with van der Waals surface area (Å²) in [6, 6.07) is 7.08. The zero-order valence-corrected chi connectivity index (χ0v) is 18.8. The molecule has 3 rings (SSSR count). The van der Waals surface area contributed by atoms with Gasteiger partial charge in [-0.05, 0) is 39.0 Å². The normalized spacial score (nSPS) is 12.1. The molecule has 0 aliphatic heterocycles. The van der Waals surface area contributed by atoms with E-state index >= 15 is 0 Å². The number of aromatic nitrogens is 2. The minimum atomic E-state index is -1.04. The average Bonchev–Trinajstić information content (AvgIpc) is 3.24. The molecule has 32 heavy (non-hydrogen) atoms. The molecule has 9 heteroatoms. The van der Waals surface area contributed by atoms with Crippen LogP contribution in [0, 0.1) is 11.3 Å². The molecule has 0 N–H and O–H groups in total. The van der Waals surface area contributed by atoms with Crippen LogP contribution >= 0.6 is 11.6 Å². The average molecular weight is 456 g/mol. The second-order valence-corrected chi connectivity index (χ2v) is 8.42. The molecular formula is C23H22ClN3O5. The first-order chi connectivity index (χ1) is 15.1. The van der Waals surface area contributed by atoms with Crippen LogP contribution in [-0.4, -0.2) is 28.2 Å². The fraction of sp³-hybridized carbons (Fsp3) is 0.304. The van der Waals surface area contributed by atoms with Crippen molar-refractivity contribution in [3.05, 3.63) is 69.8 Å². The molecule has 0 amide bonds. The summed E-state index contributed by atoms with van der Waals surface area (Å²) in [6.07, 6.45) is 4.26. The number of rotatable bonds is 6. The summed E-state index contributed by atoms with van der Waals surface area (Å²) in [4.78, 5) is 30.2. The van der Waals surface area contributed by atoms with Gasteiger partial charge in [0.15, 0.2) is 5.89 Å². The van der Waals surface area contributed by atoms with Crippen LogP contribution in [0.3, 0.4) is 0 Å². The van der Waals surface area contributed by atoms with Gasteiger partial charge in [0.25, 0.3) is 5.56 Å². The third-order valence-electron chi connectivity index (χ3n) is 4.52. The van der Waals surface area contributed by atoms with E-state index in [0.29, 0.717) is 21.7 Å². The molecule has 0 aliphatic carbocycles. The summed E-state index contributed by atoms with van der Waals surface area (Å²) in [5.41, 5.74) is -0.0999. The van der Waals surface area contributed by atoms with Crippen molar-refractivity contribution >= 4 is 17.6 Å². The molecule has 3 aromatic rings. The zero-order chi connectivity index (χ0) is 23.5. The lowest BCUT2D eigenvalue weighted by molar-refractivity contribution is -0.159. The summed E-state index contributed by atoms with van der Waals surface area (Å²) < 4.78 is 17.5. The van der Waals surface area contributed by atoms with E-state index in [9.17, 15) is 14.9 Å². The Balaban J connectivity index is 2.14. The molecule has 0 spiro atoms. The van der Waals surface area contributed by atoms with Crippen molar-refractivity contribution < 1.29 is 18.7 Å². The number of hydrogen-bond acceptors (Lipinski definition) is 7. The van der Waals surface area contributed by atoms with Gasteiger partial charge in [-0.25, -0.2) is 9.78 Å². The number of esters is 1. The molecule has 0 aliphatic rings.